The Balaban J connectivity index is 1.76. The van der Waals surface area contributed by atoms with Gasteiger partial charge >= 0.3 is 0 Å². The van der Waals surface area contributed by atoms with E-state index >= 15 is 0 Å². The number of hydrogen-bond donors (Lipinski definition) is 0. The van der Waals surface area contributed by atoms with Gasteiger partial charge in [0.25, 0.3) is 0 Å². The number of carbonyl (C=O) groups is 1. The first-order valence-corrected chi connectivity index (χ1v) is 7.18. The van der Waals surface area contributed by atoms with Crippen LogP contribution in [-0.4, -0.2) is 5.78 Å². The normalized spacial score (nSPS) is 52.2. The summed E-state index contributed by atoms with van der Waals surface area (Å²) in [6.45, 7) is 4.57. The molecule has 3 fully saturated rings. The van der Waals surface area contributed by atoms with Gasteiger partial charge in [-0.2, -0.15) is 0 Å². The van der Waals surface area contributed by atoms with E-state index in [9.17, 15) is 4.79 Å². The van der Waals surface area contributed by atoms with E-state index in [0.29, 0.717) is 23.5 Å². The van der Waals surface area contributed by atoms with Crippen LogP contribution in [0.4, 0.5) is 0 Å². The molecule has 0 saturated heterocycles. The van der Waals surface area contributed by atoms with Crippen molar-refractivity contribution in [3.63, 3.8) is 0 Å². The van der Waals surface area contributed by atoms with Crippen molar-refractivity contribution in [1.29, 1.82) is 0 Å². The van der Waals surface area contributed by atoms with Crippen molar-refractivity contribution in [2.24, 2.45) is 35.5 Å². The lowest BCUT2D eigenvalue weighted by molar-refractivity contribution is -0.131. The molecule has 1 nitrogen and oxygen atoms in total. The number of carbonyl (C=O) groups excluding carboxylic acids is 1. The molecule has 0 heterocycles. The largest absolute Gasteiger partial charge is 0.299 e. The lowest BCUT2D eigenvalue weighted by Crippen LogP contribution is -2.38. The first kappa shape index (κ1) is 10.8. The topological polar surface area (TPSA) is 17.1 Å². The van der Waals surface area contributed by atoms with Crippen molar-refractivity contribution in [2.75, 3.05) is 0 Å². The summed E-state index contributed by atoms with van der Waals surface area (Å²) in [4.78, 5) is 12.3. The average Bonchev–Trinajstić information content (AvgIpc) is 2.77. The molecule has 3 rings (SSSR count). The first-order chi connectivity index (χ1) is 7.65. The second-order valence-electron chi connectivity index (χ2n) is 6.85. The van der Waals surface area contributed by atoms with Crippen LogP contribution < -0.4 is 0 Å². The van der Waals surface area contributed by atoms with Crippen molar-refractivity contribution in [3.8, 4) is 0 Å². The molecule has 3 aliphatic rings. The summed E-state index contributed by atoms with van der Waals surface area (Å²) in [5.74, 6) is 4.99. The van der Waals surface area contributed by atoms with E-state index in [0.717, 1.165) is 24.2 Å². The van der Waals surface area contributed by atoms with Gasteiger partial charge in [0.1, 0.15) is 5.78 Å². The zero-order valence-corrected chi connectivity index (χ0v) is 10.6. The summed E-state index contributed by atoms with van der Waals surface area (Å²) >= 11 is 0. The van der Waals surface area contributed by atoms with Gasteiger partial charge in [-0.25, -0.2) is 0 Å². The predicted octanol–water partition coefficient (Wildman–Crippen LogP) is 3.67. The minimum absolute atomic E-state index is 0.437. The molecule has 0 aliphatic heterocycles. The Labute approximate surface area is 99.0 Å². The summed E-state index contributed by atoms with van der Waals surface area (Å²) in [7, 11) is 0. The van der Waals surface area contributed by atoms with Crippen LogP contribution in [0.1, 0.15) is 52.4 Å². The Morgan fingerprint density at radius 1 is 1.06 bits per heavy atom. The molecule has 0 aromatic heterocycles. The van der Waals surface area contributed by atoms with Gasteiger partial charge < -0.3 is 0 Å². The van der Waals surface area contributed by atoms with Crippen LogP contribution in [-0.2, 0) is 4.79 Å². The smallest absolute Gasteiger partial charge is 0.136 e. The van der Waals surface area contributed by atoms with Crippen LogP contribution in [0, 0.1) is 35.5 Å². The molecule has 16 heavy (non-hydrogen) atoms. The van der Waals surface area contributed by atoms with Gasteiger partial charge in [-0.05, 0) is 55.3 Å². The van der Waals surface area contributed by atoms with Crippen LogP contribution >= 0.6 is 0 Å². The Kier molecular flexibility index (Phi) is 2.60. The van der Waals surface area contributed by atoms with Gasteiger partial charge in [-0.15, -0.1) is 0 Å². The highest BCUT2D eigenvalue weighted by molar-refractivity contribution is 5.82. The maximum atomic E-state index is 12.3. The van der Waals surface area contributed by atoms with E-state index in [2.05, 4.69) is 13.8 Å². The zero-order valence-electron chi connectivity index (χ0n) is 10.6. The lowest BCUT2D eigenvalue weighted by Gasteiger charge is -2.38. The highest BCUT2D eigenvalue weighted by Crippen LogP contribution is 2.54. The molecule has 1 heteroatoms. The van der Waals surface area contributed by atoms with E-state index < -0.39 is 0 Å². The summed E-state index contributed by atoms with van der Waals surface area (Å²) < 4.78 is 0. The minimum atomic E-state index is 0.437. The van der Waals surface area contributed by atoms with E-state index in [1.165, 1.54) is 32.1 Å². The maximum absolute atomic E-state index is 12.3. The molecule has 0 N–H and O–H groups in total. The summed E-state index contributed by atoms with van der Waals surface area (Å²) in [5.41, 5.74) is 0. The third-order valence-corrected chi connectivity index (χ3v) is 5.56. The van der Waals surface area contributed by atoms with Crippen LogP contribution in [0.15, 0.2) is 0 Å². The van der Waals surface area contributed by atoms with Gasteiger partial charge in [0.2, 0.25) is 0 Å². The fourth-order valence-electron chi connectivity index (χ4n) is 5.06. The first-order valence-electron chi connectivity index (χ1n) is 7.18. The number of rotatable bonds is 1. The van der Waals surface area contributed by atoms with Crippen molar-refractivity contribution >= 4 is 5.78 Å². The molecule has 0 aromatic carbocycles. The van der Waals surface area contributed by atoms with Gasteiger partial charge in [0.05, 0.1) is 0 Å². The summed E-state index contributed by atoms with van der Waals surface area (Å²) in [5, 5.41) is 0. The molecular weight excluding hydrogens is 196 g/mol. The highest BCUT2D eigenvalue weighted by Gasteiger charge is 2.47. The van der Waals surface area contributed by atoms with Gasteiger partial charge in [0, 0.05) is 12.3 Å². The van der Waals surface area contributed by atoms with Crippen LogP contribution in [0.5, 0.6) is 0 Å². The second kappa shape index (κ2) is 3.85. The number of ketones is 1. The highest BCUT2D eigenvalue weighted by atomic mass is 16.1. The molecule has 0 spiro atoms. The van der Waals surface area contributed by atoms with Gasteiger partial charge in [0.15, 0.2) is 0 Å². The Morgan fingerprint density at radius 2 is 1.88 bits per heavy atom. The fourth-order valence-corrected chi connectivity index (χ4v) is 5.06. The SMILES string of the molecule is CC1CC(=O)C(C2CC3CCC2C3)C(C)C1. The predicted molar refractivity (Wildman–Crippen MR) is 65.0 cm³/mol. The standard InChI is InChI=1S/C15H24O/c1-9-5-10(2)15(14(16)6-9)13-8-11-3-4-12(13)7-11/h9-13,15H,3-8H2,1-2H3. The Morgan fingerprint density at radius 3 is 2.44 bits per heavy atom. The van der Waals surface area contributed by atoms with Gasteiger partial charge in [-0.1, -0.05) is 20.3 Å². The van der Waals surface area contributed by atoms with Crippen LogP contribution in [0.2, 0.25) is 0 Å². The fraction of sp³-hybridized carbons (Fsp3) is 0.933. The minimum Gasteiger partial charge on any atom is -0.299 e. The van der Waals surface area contributed by atoms with Crippen molar-refractivity contribution in [2.45, 2.75) is 52.4 Å². The van der Waals surface area contributed by atoms with Crippen molar-refractivity contribution < 1.29 is 4.79 Å². The van der Waals surface area contributed by atoms with E-state index in [-0.39, 0.29) is 0 Å². The Hall–Kier alpha value is -0.330. The van der Waals surface area contributed by atoms with Crippen LogP contribution in [0.3, 0.4) is 0 Å². The molecule has 6 atom stereocenters. The molecule has 0 radical (unpaired) electrons. The number of fused-ring (bicyclic) bond motifs is 2. The maximum Gasteiger partial charge on any atom is 0.136 e. The molecule has 0 aromatic rings. The molecule has 2 bridgehead atoms. The molecule has 3 aliphatic carbocycles. The third kappa shape index (κ3) is 1.63. The molecule has 3 saturated carbocycles. The van der Waals surface area contributed by atoms with Crippen molar-refractivity contribution in [1.82, 2.24) is 0 Å². The van der Waals surface area contributed by atoms with E-state index in [4.69, 9.17) is 0 Å². The summed E-state index contributed by atoms with van der Waals surface area (Å²) in [6.07, 6.45) is 7.83. The van der Waals surface area contributed by atoms with E-state index in [1.54, 1.807) is 0 Å². The third-order valence-electron chi connectivity index (χ3n) is 5.56. The van der Waals surface area contributed by atoms with Crippen molar-refractivity contribution in [3.05, 3.63) is 0 Å². The summed E-state index contributed by atoms with van der Waals surface area (Å²) in [6, 6.07) is 0. The molecule has 0 amide bonds. The quantitative estimate of drug-likeness (QED) is 0.659. The van der Waals surface area contributed by atoms with Crippen LogP contribution in [0.25, 0.3) is 0 Å². The number of Topliss-reactive ketones (excluding diaryl/α,β-unsaturated/α-hetero) is 1. The van der Waals surface area contributed by atoms with E-state index in [1.807, 2.05) is 0 Å². The number of hydrogen-bond acceptors (Lipinski definition) is 1. The lowest BCUT2D eigenvalue weighted by atomic mass is 9.65. The molecule has 6 unspecified atom stereocenters. The van der Waals surface area contributed by atoms with Gasteiger partial charge in [-0.3, -0.25) is 4.79 Å². The molecule has 90 valence electrons. The molecular formula is C15H24O. The monoisotopic (exact) mass is 220 g/mol. The second-order valence-corrected chi connectivity index (χ2v) is 6.85. The zero-order chi connectivity index (χ0) is 11.3. The Bertz CT molecular complexity index is 296. The average molecular weight is 220 g/mol.